The maximum atomic E-state index is 12.2. The second-order valence-corrected chi connectivity index (χ2v) is 7.05. The molecule has 0 saturated heterocycles. The monoisotopic (exact) mass is 423 g/mol. The van der Waals surface area contributed by atoms with E-state index < -0.39 is 18.0 Å². The first-order valence-corrected chi connectivity index (χ1v) is 10.4. The molecule has 0 bridgehead atoms. The highest BCUT2D eigenvalue weighted by molar-refractivity contribution is 7.99. The highest BCUT2D eigenvalue weighted by atomic mass is 32.2. The molecule has 0 aromatic carbocycles. The van der Waals surface area contributed by atoms with Gasteiger partial charge in [0.15, 0.2) is 5.65 Å². The molecule has 0 radical (unpaired) electrons. The number of aromatic nitrogens is 4. The Morgan fingerprint density at radius 3 is 2.69 bits per heavy atom. The van der Waals surface area contributed by atoms with E-state index in [1.807, 2.05) is 0 Å². The van der Waals surface area contributed by atoms with E-state index in [0.717, 1.165) is 22.7 Å². The lowest BCUT2D eigenvalue weighted by Crippen LogP contribution is -2.43. The predicted octanol–water partition coefficient (Wildman–Crippen LogP) is 1.62. The van der Waals surface area contributed by atoms with Crippen molar-refractivity contribution in [2.75, 3.05) is 19.0 Å². The Bertz CT molecular complexity index is 828. The summed E-state index contributed by atoms with van der Waals surface area (Å²) in [6.45, 7) is 3.70. The number of carbonyl (C=O) groups is 3. The van der Waals surface area contributed by atoms with Gasteiger partial charge in [0.25, 0.3) is 0 Å². The average Bonchev–Trinajstić information content (AvgIpc) is 3.17. The van der Waals surface area contributed by atoms with Gasteiger partial charge in [0.05, 0.1) is 26.0 Å². The number of nitrogens with zero attached hydrogens (tertiary/aromatic N) is 3. The van der Waals surface area contributed by atoms with Gasteiger partial charge in [-0.05, 0) is 32.4 Å². The number of carbonyl (C=O) groups excluding carboxylic acids is 3. The van der Waals surface area contributed by atoms with Gasteiger partial charge < -0.3 is 19.8 Å². The Morgan fingerprint density at radius 1 is 1.14 bits per heavy atom. The molecule has 1 amide bonds. The van der Waals surface area contributed by atoms with Gasteiger partial charge in [0.1, 0.15) is 22.9 Å². The van der Waals surface area contributed by atoms with Crippen LogP contribution >= 0.6 is 11.8 Å². The summed E-state index contributed by atoms with van der Waals surface area (Å²) in [6.07, 6.45) is 4.44. The highest BCUT2D eigenvalue weighted by Gasteiger charge is 2.25. The molecule has 0 unspecified atom stereocenters. The van der Waals surface area contributed by atoms with Crippen LogP contribution in [-0.2, 0) is 23.9 Å². The molecular weight excluding hydrogens is 398 g/mol. The largest absolute Gasteiger partial charge is 0.466 e. The topological polar surface area (TPSA) is 136 Å². The lowest BCUT2D eigenvalue weighted by atomic mass is 10.2. The molecular formula is C18H25N5O5S. The molecule has 2 aromatic heterocycles. The maximum Gasteiger partial charge on any atom is 0.329 e. The van der Waals surface area contributed by atoms with Gasteiger partial charge in [-0.15, -0.1) is 11.8 Å². The van der Waals surface area contributed by atoms with E-state index in [0.29, 0.717) is 12.1 Å². The summed E-state index contributed by atoms with van der Waals surface area (Å²) in [6, 6.07) is -1.04. The summed E-state index contributed by atoms with van der Waals surface area (Å²) in [4.78, 5) is 51.2. The van der Waals surface area contributed by atoms with Crippen LogP contribution in [0.2, 0.25) is 0 Å². The third kappa shape index (κ3) is 7.33. The van der Waals surface area contributed by atoms with Crippen molar-refractivity contribution in [1.29, 1.82) is 0 Å². The number of H-pyrrole nitrogens is 1. The van der Waals surface area contributed by atoms with Crippen LogP contribution in [0.4, 0.5) is 0 Å². The maximum absolute atomic E-state index is 12.2. The number of ether oxygens (including phenoxy) is 2. The van der Waals surface area contributed by atoms with Gasteiger partial charge in [0.2, 0.25) is 5.91 Å². The van der Waals surface area contributed by atoms with E-state index in [1.165, 1.54) is 6.33 Å². The van der Waals surface area contributed by atoms with Crippen molar-refractivity contribution < 1.29 is 23.9 Å². The summed E-state index contributed by atoms with van der Waals surface area (Å²) in [5.41, 5.74) is 1.42. The standard InChI is InChI=1S/C18H25N5O5S/c1-3-27-14(25)9-12(18(26)28-4-2)23-13(24)7-5-6-8-29-17-15-16(20-10-19-15)21-11-22-17/h10-12H,3-9H2,1-2H3,(H,23,24)(H,19,20,21,22)/t12-/m0/s1. The first kappa shape index (κ1) is 22.6. The fourth-order valence-electron chi connectivity index (χ4n) is 2.50. The summed E-state index contributed by atoms with van der Waals surface area (Å²) < 4.78 is 9.76. The summed E-state index contributed by atoms with van der Waals surface area (Å²) >= 11 is 1.56. The van der Waals surface area contributed by atoms with Crippen molar-refractivity contribution >= 4 is 40.8 Å². The zero-order valence-electron chi connectivity index (χ0n) is 16.5. The van der Waals surface area contributed by atoms with Gasteiger partial charge in [-0.3, -0.25) is 9.59 Å². The molecule has 0 spiro atoms. The first-order chi connectivity index (χ1) is 14.0. The number of thioether (sulfide) groups is 1. The molecule has 0 saturated carbocycles. The zero-order valence-corrected chi connectivity index (χ0v) is 17.3. The van der Waals surface area contributed by atoms with E-state index in [2.05, 4.69) is 25.3 Å². The van der Waals surface area contributed by atoms with Gasteiger partial charge in [-0.1, -0.05) is 0 Å². The van der Waals surface area contributed by atoms with E-state index in [1.54, 1.807) is 31.9 Å². The molecule has 11 heteroatoms. The van der Waals surface area contributed by atoms with Crippen LogP contribution in [0.15, 0.2) is 17.7 Å². The number of hydrogen-bond acceptors (Lipinski definition) is 9. The molecule has 29 heavy (non-hydrogen) atoms. The Hall–Kier alpha value is -2.69. The second kappa shape index (κ2) is 12.0. The van der Waals surface area contributed by atoms with Crippen molar-refractivity contribution in [2.45, 2.75) is 50.6 Å². The van der Waals surface area contributed by atoms with Crippen molar-refractivity contribution in [2.24, 2.45) is 0 Å². The fourth-order valence-corrected chi connectivity index (χ4v) is 3.46. The molecule has 2 N–H and O–H groups in total. The van der Waals surface area contributed by atoms with Crippen molar-refractivity contribution in [3.05, 3.63) is 12.7 Å². The van der Waals surface area contributed by atoms with Crippen LogP contribution in [0.3, 0.4) is 0 Å². The Kier molecular flexibility index (Phi) is 9.35. The van der Waals surface area contributed by atoms with Gasteiger partial charge >= 0.3 is 11.9 Å². The van der Waals surface area contributed by atoms with Crippen molar-refractivity contribution in [3.63, 3.8) is 0 Å². The number of amides is 1. The minimum absolute atomic E-state index is 0.165. The molecule has 0 aliphatic heterocycles. The van der Waals surface area contributed by atoms with Crippen molar-refractivity contribution in [3.8, 4) is 0 Å². The third-order valence-electron chi connectivity index (χ3n) is 3.81. The molecule has 0 aliphatic carbocycles. The SMILES string of the molecule is CCOC(=O)C[C@H](NC(=O)CCCCSc1ncnc2nc[nH]c12)C(=O)OCC. The smallest absolute Gasteiger partial charge is 0.329 e. The number of hydrogen-bond donors (Lipinski definition) is 2. The molecule has 1 atom stereocenters. The first-order valence-electron chi connectivity index (χ1n) is 9.43. The van der Waals surface area contributed by atoms with Crippen LogP contribution < -0.4 is 5.32 Å². The minimum atomic E-state index is -1.04. The van der Waals surface area contributed by atoms with E-state index in [-0.39, 0.29) is 32.0 Å². The molecule has 0 aliphatic rings. The Labute approximate surface area is 172 Å². The number of imidazole rings is 1. The van der Waals surface area contributed by atoms with Crippen LogP contribution in [0, 0.1) is 0 Å². The average molecular weight is 423 g/mol. The predicted molar refractivity (Wildman–Crippen MR) is 106 cm³/mol. The molecule has 158 valence electrons. The molecule has 0 fully saturated rings. The Morgan fingerprint density at radius 2 is 1.93 bits per heavy atom. The minimum Gasteiger partial charge on any atom is -0.466 e. The molecule has 2 heterocycles. The van der Waals surface area contributed by atoms with Crippen LogP contribution in [0.25, 0.3) is 11.2 Å². The van der Waals surface area contributed by atoms with Crippen LogP contribution in [0.1, 0.15) is 39.5 Å². The lowest BCUT2D eigenvalue weighted by Gasteiger charge is -2.16. The Balaban J connectivity index is 1.74. The summed E-state index contributed by atoms with van der Waals surface area (Å²) in [7, 11) is 0. The van der Waals surface area contributed by atoms with Crippen molar-refractivity contribution in [1.82, 2.24) is 25.3 Å². The zero-order chi connectivity index (χ0) is 21.1. The number of rotatable bonds is 12. The second-order valence-electron chi connectivity index (χ2n) is 5.97. The summed E-state index contributed by atoms with van der Waals surface area (Å²) in [5.74, 6) is -0.743. The summed E-state index contributed by atoms with van der Waals surface area (Å²) in [5, 5.41) is 3.38. The number of fused-ring (bicyclic) bond motifs is 1. The molecule has 2 rings (SSSR count). The quantitative estimate of drug-likeness (QED) is 0.226. The van der Waals surface area contributed by atoms with Gasteiger partial charge in [0, 0.05) is 6.42 Å². The fraction of sp³-hybridized carbons (Fsp3) is 0.556. The highest BCUT2D eigenvalue weighted by Crippen LogP contribution is 2.22. The number of aromatic amines is 1. The van der Waals surface area contributed by atoms with E-state index in [4.69, 9.17) is 9.47 Å². The van der Waals surface area contributed by atoms with E-state index >= 15 is 0 Å². The number of unbranched alkanes of at least 4 members (excludes halogenated alkanes) is 1. The van der Waals surface area contributed by atoms with Crippen LogP contribution in [-0.4, -0.2) is 62.8 Å². The number of esters is 2. The normalized spacial score (nSPS) is 11.8. The van der Waals surface area contributed by atoms with Gasteiger partial charge in [-0.2, -0.15) is 0 Å². The van der Waals surface area contributed by atoms with E-state index in [9.17, 15) is 14.4 Å². The lowest BCUT2D eigenvalue weighted by molar-refractivity contribution is -0.153. The number of nitrogens with one attached hydrogen (secondary N) is 2. The van der Waals surface area contributed by atoms with Crippen LogP contribution in [0.5, 0.6) is 0 Å². The van der Waals surface area contributed by atoms with Gasteiger partial charge in [-0.25, -0.2) is 19.7 Å². The molecule has 2 aromatic rings. The third-order valence-corrected chi connectivity index (χ3v) is 4.88. The molecule has 10 nitrogen and oxygen atoms in total.